The molecular formula is C16H29Cl2N5O. The summed E-state index contributed by atoms with van der Waals surface area (Å²) in [7, 11) is 1.91. The van der Waals surface area contributed by atoms with Gasteiger partial charge < -0.3 is 15.5 Å². The Labute approximate surface area is 157 Å². The van der Waals surface area contributed by atoms with Gasteiger partial charge in [0.25, 0.3) is 0 Å². The van der Waals surface area contributed by atoms with E-state index >= 15 is 0 Å². The fourth-order valence-electron chi connectivity index (χ4n) is 2.73. The van der Waals surface area contributed by atoms with Crippen LogP contribution in [0.2, 0.25) is 0 Å². The minimum Gasteiger partial charge on any atom is -0.356 e. The Morgan fingerprint density at radius 3 is 2.62 bits per heavy atom. The van der Waals surface area contributed by atoms with Crippen LogP contribution in [0.3, 0.4) is 0 Å². The molecule has 2 heterocycles. The van der Waals surface area contributed by atoms with Crippen LogP contribution < -0.4 is 15.5 Å². The van der Waals surface area contributed by atoms with Crippen LogP contribution in [0.25, 0.3) is 0 Å². The number of piperidine rings is 1. The van der Waals surface area contributed by atoms with Gasteiger partial charge in [-0.25, -0.2) is 9.97 Å². The molecule has 0 aliphatic carbocycles. The first-order valence-corrected chi connectivity index (χ1v) is 8.22. The van der Waals surface area contributed by atoms with Gasteiger partial charge in [-0.05, 0) is 39.3 Å². The van der Waals surface area contributed by atoms with Crippen LogP contribution in [0.4, 0.5) is 5.82 Å². The quantitative estimate of drug-likeness (QED) is 0.710. The second-order valence-electron chi connectivity index (χ2n) is 5.76. The Hall–Kier alpha value is -1.11. The van der Waals surface area contributed by atoms with Crippen molar-refractivity contribution in [2.24, 2.45) is 0 Å². The number of nitrogens with zero attached hydrogens (tertiary/aromatic N) is 3. The lowest BCUT2D eigenvalue weighted by atomic mass is 10.0. The van der Waals surface area contributed by atoms with E-state index < -0.39 is 0 Å². The number of nitrogens with one attached hydrogen (secondary N) is 2. The van der Waals surface area contributed by atoms with Gasteiger partial charge in [0.15, 0.2) is 0 Å². The summed E-state index contributed by atoms with van der Waals surface area (Å²) in [6.07, 6.45) is 6.01. The van der Waals surface area contributed by atoms with Crippen molar-refractivity contribution in [1.82, 2.24) is 20.6 Å². The second-order valence-corrected chi connectivity index (χ2v) is 5.76. The van der Waals surface area contributed by atoms with E-state index in [-0.39, 0.29) is 30.7 Å². The van der Waals surface area contributed by atoms with E-state index in [0.717, 1.165) is 56.8 Å². The molecule has 1 aromatic heterocycles. The Morgan fingerprint density at radius 1 is 1.29 bits per heavy atom. The summed E-state index contributed by atoms with van der Waals surface area (Å²) in [5, 5.41) is 6.21. The van der Waals surface area contributed by atoms with Gasteiger partial charge in [-0.2, -0.15) is 0 Å². The molecule has 138 valence electrons. The first-order valence-electron chi connectivity index (χ1n) is 8.22. The van der Waals surface area contributed by atoms with Gasteiger partial charge in [0.2, 0.25) is 5.91 Å². The van der Waals surface area contributed by atoms with Gasteiger partial charge in [0.1, 0.15) is 12.1 Å². The fourth-order valence-corrected chi connectivity index (χ4v) is 2.73. The highest BCUT2D eigenvalue weighted by atomic mass is 35.5. The SMILES string of the molecule is CCc1cc(N2CCC(NC(=O)CCCNC)CC2)ncn1.Cl.Cl. The maximum absolute atomic E-state index is 11.8. The average molecular weight is 378 g/mol. The van der Waals surface area contributed by atoms with Crippen LogP contribution in [0.5, 0.6) is 0 Å². The summed E-state index contributed by atoms with van der Waals surface area (Å²) in [6, 6.07) is 2.36. The summed E-state index contributed by atoms with van der Waals surface area (Å²) < 4.78 is 0. The minimum absolute atomic E-state index is 0. The van der Waals surface area contributed by atoms with Crippen molar-refractivity contribution in [3.8, 4) is 0 Å². The van der Waals surface area contributed by atoms with Crippen molar-refractivity contribution in [3.05, 3.63) is 18.1 Å². The molecular weight excluding hydrogens is 349 g/mol. The zero-order chi connectivity index (χ0) is 15.8. The van der Waals surface area contributed by atoms with E-state index in [2.05, 4.69) is 38.5 Å². The number of hydrogen-bond donors (Lipinski definition) is 2. The lowest BCUT2D eigenvalue weighted by Gasteiger charge is -2.33. The van der Waals surface area contributed by atoms with Gasteiger partial charge in [-0.15, -0.1) is 24.8 Å². The number of aryl methyl sites for hydroxylation is 1. The molecule has 2 N–H and O–H groups in total. The van der Waals surface area contributed by atoms with Crippen LogP contribution in [0.15, 0.2) is 12.4 Å². The van der Waals surface area contributed by atoms with E-state index in [9.17, 15) is 4.79 Å². The number of aromatic nitrogens is 2. The van der Waals surface area contributed by atoms with Crippen LogP contribution in [0.1, 0.15) is 38.3 Å². The standard InChI is InChI=1S/C16H27N5O.2ClH/c1-3-13-11-15(19-12-18-13)21-9-6-14(7-10-21)20-16(22)5-4-8-17-2;;/h11-12,14,17H,3-10H2,1-2H3,(H,20,22);2*1H. The third-order valence-corrected chi connectivity index (χ3v) is 4.09. The largest absolute Gasteiger partial charge is 0.356 e. The molecule has 0 aromatic carbocycles. The third-order valence-electron chi connectivity index (χ3n) is 4.09. The molecule has 0 spiro atoms. The zero-order valence-electron chi connectivity index (χ0n) is 14.5. The zero-order valence-corrected chi connectivity index (χ0v) is 16.1. The Bertz CT molecular complexity index is 481. The molecule has 1 aliphatic heterocycles. The van der Waals surface area contributed by atoms with Crippen molar-refractivity contribution in [2.75, 3.05) is 31.6 Å². The highest BCUT2D eigenvalue weighted by Gasteiger charge is 2.21. The van der Waals surface area contributed by atoms with E-state index in [0.29, 0.717) is 12.5 Å². The van der Waals surface area contributed by atoms with E-state index in [1.54, 1.807) is 6.33 Å². The molecule has 1 aromatic rings. The molecule has 1 fully saturated rings. The van der Waals surface area contributed by atoms with Crippen molar-refractivity contribution < 1.29 is 4.79 Å². The molecule has 1 saturated heterocycles. The molecule has 0 bridgehead atoms. The number of halogens is 2. The molecule has 0 atom stereocenters. The Balaban J connectivity index is 0.00000264. The molecule has 24 heavy (non-hydrogen) atoms. The fraction of sp³-hybridized carbons (Fsp3) is 0.688. The predicted octanol–water partition coefficient (Wildman–Crippen LogP) is 1.97. The van der Waals surface area contributed by atoms with Gasteiger partial charge >= 0.3 is 0 Å². The van der Waals surface area contributed by atoms with Gasteiger partial charge in [0, 0.05) is 37.3 Å². The molecule has 1 aliphatic rings. The van der Waals surface area contributed by atoms with Crippen LogP contribution >= 0.6 is 24.8 Å². The highest BCUT2D eigenvalue weighted by Crippen LogP contribution is 2.18. The lowest BCUT2D eigenvalue weighted by Crippen LogP contribution is -2.45. The summed E-state index contributed by atoms with van der Waals surface area (Å²) >= 11 is 0. The number of rotatable bonds is 7. The topological polar surface area (TPSA) is 70.2 Å². The maximum atomic E-state index is 11.8. The normalized spacial score (nSPS) is 14.5. The van der Waals surface area contributed by atoms with Gasteiger partial charge in [-0.3, -0.25) is 4.79 Å². The molecule has 0 unspecified atom stereocenters. The molecule has 6 nitrogen and oxygen atoms in total. The minimum atomic E-state index is 0. The van der Waals surface area contributed by atoms with Crippen LogP contribution in [0, 0.1) is 0 Å². The number of hydrogen-bond acceptors (Lipinski definition) is 5. The summed E-state index contributed by atoms with van der Waals surface area (Å²) in [5.74, 6) is 1.18. The highest BCUT2D eigenvalue weighted by molar-refractivity contribution is 5.85. The van der Waals surface area contributed by atoms with Crippen LogP contribution in [-0.2, 0) is 11.2 Å². The van der Waals surface area contributed by atoms with Crippen molar-refractivity contribution in [1.29, 1.82) is 0 Å². The third kappa shape index (κ3) is 7.20. The monoisotopic (exact) mass is 377 g/mol. The van der Waals surface area contributed by atoms with E-state index in [1.807, 2.05) is 7.05 Å². The van der Waals surface area contributed by atoms with Crippen LogP contribution in [-0.4, -0.2) is 48.6 Å². The van der Waals surface area contributed by atoms with Crippen molar-refractivity contribution in [2.45, 2.75) is 45.1 Å². The molecule has 2 rings (SSSR count). The molecule has 0 saturated carbocycles. The van der Waals surface area contributed by atoms with Gasteiger partial charge in [-0.1, -0.05) is 6.92 Å². The smallest absolute Gasteiger partial charge is 0.220 e. The first kappa shape index (κ1) is 22.9. The van der Waals surface area contributed by atoms with Crippen molar-refractivity contribution in [3.63, 3.8) is 0 Å². The molecule has 0 radical (unpaired) electrons. The average Bonchev–Trinajstić information content (AvgIpc) is 2.56. The lowest BCUT2D eigenvalue weighted by molar-refractivity contribution is -0.122. The summed E-state index contributed by atoms with van der Waals surface area (Å²) in [4.78, 5) is 22.7. The molecule has 1 amide bonds. The number of carbonyl (C=O) groups is 1. The summed E-state index contributed by atoms with van der Waals surface area (Å²) in [5.41, 5.74) is 1.07. The molecule has 8 heteroatoms. The Kier molecular flexibility index (Phi) is 11.7. The van der Waals surface area contributed by atoms with Crippen molar-refractivity contribution >= 4 is 36.5 Å². The number of anilines is 1. The number of amides is 1. The second kappa shape index (κ2) is 12.3. The van der Waals surface area contributed by atoms with E-state index in [1.165, 1.54) is 0 Å². The summed E-state index contributed by atoms with van der Waals surface area (Å²) in [6.45, 7) is 4.85. The Morgan fingerprint density at radius 2 is 2.00 bits per heavy atom. The van der Waals surface area contributed by atoms with E-state index in [4.69, 9.17) is 0 Å². The maximum Gasteiger partial charge on any atom is 0.220 e. The number of carbonyl (C=O) groups excluding carboxylic acids is 1. The van der Waals surface area contributed by atoms with Gasteiger partial charge in [0.05, 0.1) is 0 Å². The first-order chi connectivity index (χ1) is 10.7. The predicted molar refractivity (Wildman–Crippen MR) is 102 cm³/mol.